The topological polar surface area (TPSA) is 93.4 Å². The number of nitrogens with one attached hydrogen (secondary N) is 2. The fraction of sp³-hybridized carbons (Fsp3) is 0.429. The van der Waals surface area contributed by atoms with Crippen LogP contribution in [0.25, 0.3) is 0 Å². The van der Waals surface area contributed by atoms with Crippen LogP contribution in [0, 0.1) is 0 Å². The van der Waals surface area contributed by atoms with Gasteiger partial charge in [-0.2, -0.15) is 0 Å². The molecule has 0 aromatic heterocycles. The Kier molecular flexibility index (Phi) is 7.13. The smallest absolute Gasteiger partial charge is 0.238 e. The summed E-state index contributed by atoms with van der Waals surface area (Å²) in [4.78, 5) is 22.2. The van der Waals surface area contributed by atoms with Gasteiger partial charge in [0.05, 0.1) is 13.7 Å². The summed E-state index contributed by atoms with van der Waals surface area (Å²) in [6.45, 7) is 0.909. The number of hydrogen-bond donors (Lipinski definition) is 3. The van der Waals surface area contributed by atoms with Gasteiger partial charge in [-0.25, -0.2) is 0 Å². The van der Waals surface area contributed by atoms with Gasteiger partial charge < -0.3 is 21.1 Å². The van der Waals surface area contributed by atoms with Gasteiger partial charge in [-0.05, 0) is 31.5 Å². The van der Waals surface area contributed by atoms with Crippen LogP contribution in [0.3, 0.4) is 0 Å². The monoisotopic (exact) mass is 279 g/mol. The molecule has 4 N–H and O–H groups in total. The first-order valence-corrected chi connectivity index (χ1v) is 6.54. The van der Waals surface area contributed by atoms with E-state index in [1.807, 2.05) is 12.1 Å². The molecule has 1 aromatic carbocycles. The molecule has 0 saturated heterocycles. The van der Waals surface area contributed by atoms with Gasteiger partial charge in [0.15, 0.2) is 0 Å². The standard InChI is InChI=1S/C14H21N3O3/c1-20-12-6-4-5-11(9-12)17-14(19)10-16-8-3-2-7-13(15)18/h4-6,9,16H,2-3,7-8,10H2,1H3,(H2,15,18)(H,17,19). The number of carbonyl (C=O) groups excluding carboxylic acids is 2. The Balaban J connectivity index is 2.18. The van der Waals surface area contributed by atoms with Gasteiger partial charge in [-0.1, -0.05) is 6.07 Å². The van der Waals surface area contributed by atoms with Crippen molar-refractivity contribution in [2.45, 2.75) is 19.3 Å². The minimum absolute atomic E-state index is 0.117. The van der Waals surface area contributed by atoms with E-state index in [1.54, 1.807) is 19.2 Å². The Labute approximate surface area is 118 Å². The van der Waals surface area contributed by atoms with Crippen LogP contribution in [0.5, 0.6) is 5.75 Å². The Hall–Kier alpha value is -2.08. The fourth-order valence-electron chi connectivity index (χ4n) is 1.66. The van der Waals surface area contributed by atoms with E-state index in [2.05, 4.69) is 10.6 Å². The van der Waals surface area contributed by atoms with Crippen LogP contribution in [0.4, 0.5) is 5.69 Å². The maximum atomic E-state index is 11.7. The molecule has 0 aliphatic rings. The third-order valence-electron chi connectivity index (χ3n) is 2.67. The van der Waals surface area contributed by atoms with Crippen molar-refractivity contribution in [1.82, 2.24) is 5.32 Å². The number of amides is 2. The van der Waals surface area contributed by atoms with Gasteiger partial charge in [0.1, 0.15) is 5.75 Å². The SMILES string of the molecule is COc1cccc(NC(=O)CNCCCCC(N)=O)c1. The van der Waals surface area contributed by atoms with Crippen molar-refractivity contribution in [3.63, 3.8) is 0 Å². The summed E-state index contributed by atoms with van der Waals surface area (Å²) in [5, 5.41) is 5.78. The summed E-state index contributed by atoms with van der Waals surface area (Å²) in [6.07, 6.45) is 1.94. The molecule has 6 nitrogen and oxygen atoms in total. The molecule has 0 unspecified atom stereocenters. The molecule has 0 saturated carbocycles. The molecule has 110 valence electrons. The van der Waals surface area contributed by atoms with E-state index in [0.717, 1.165) is 12.8 Å². The molecule has 0 radical (unpaired) electrons. The molecule has 0 aliphatic heterocycles. The summed E-state index contributed by atoms with van der Waals surface area (Å²) >= 11 is 0. The number of primary amides is 1. The first-order chi connectivity index (χ1) is 9.61. The molecule has 6 heteroatoms. The summed E-state index contributed by atoms with van der Waals surface area (Å²) in [6, 6.07) is 7.18. The van der Waals surface area contributed by atoms with Gasteiger partial charge in [-0.3, -0.25) is 9.59 Å². The summed E-state index contributed by atoms with van der Waals surface area (Å²) in [5.41, 5.74) is 5.73. The maximum Gasteiger partial charge on any atom is 0.238 e. The molecule has 20 heavy (non-hydrogen) atoms. The van der Waals surface area contributed by atoms with Gasteiger partial charge in [0.25, 0.3) is 0 Å². The van der Waals surface area contributed by atoms with Crippen LogP contribution >= 0.6 is 0 Å². The first kappa shape index (κ1) is 16.0. The van der Waals surface area contributed by atoms with Crippen molar-refractivity contribution >= 4 is 17.5 Å². The average molecular weight is 279 g/mol. The Morgan fingerprint density at radius 1 is 1.30 bits per heavy atom. The van der Waals surface area contributed by atoms with E-state index < -0.39 is 0 Å². The zero-order valence-electron chi connectivity index (χ0n) is 11.6. The van der Waals surface area contributed by atoms with Crippen molar-refractivity contribution in [1.29, 1.82) is 0 Å². The molecule has 0 fully saturated rings. The van der Waals surface area contributed by atoms with E-state index in [0.29, 0.717) is 24.4 Å². The number of carbonyl (C=O) groups is 2. The largest absolute Gasteiger partial charge is 0.497 e. The highest BCUT2D eigenvalue weighted by Crippen LogP contribution is 2.16. The lowest BCUT2D eigenvalue weighted by atomic mass is 10.2. The van der Waals surface area contributed by atoms with Gasteiger partial charge in [0.2, 0.25) is 11.8 Å². The highest BCUT2D eigenvalue weighted by Gasteiger charge is 2.02. The lowest BCUT2D eigenvalue weighted by molar-refractivity contribution is -0.118. The molecular formula is C14H21N3O3. The predicted octanol–water partition coefficient (Wildman–Crippen LogP) is 0.879. The number of hydrogen-bond acceptors (Lipinski definition) is 4. The summed E-state index contributed by atoms with van der Waals surface area (Å²) in [7, 11) is 1.58. The Morgan fingerprint density at radius 3 is 2.80 bits per heavy atom. The molecule has 1 aromatic rings. The number of unbranched alkanes of at least 4 members (excludes halogenated alkanes) is 1. The van der Waals surface area contributed by atoms with Gasteiger partial charge in [-0.15, -0.1) is 0 Å². The quantitative estimate of drug-likeness (QED) is 0.585. The number of rotatable bonds is 9. The molecule has 0 aliphatic carbocycles. The Morgan fingerprint density at radius 2 is 2.10 bits per heavy atom. The predicted molar refractivity (Wildman–Crippen MR) is 77.5 cm³/mol. The van der Waals surface area contributed by atoms with Crippen LogP contribution in [0.15, 0.2) is 24.3 Å². The minimum Gasteiger partial charge on any atom is -0.497 e. The second kappa shape index (κ2) is 8.92. The highest BCUT2D eigenvalue weighted by molar-refractivity contribution is 5.92. The van der Waals surface area contributed by atoms with Crippen molar-refractivity contribution in [3.8, 4) is 5.75 Å². The molecule has 2 amide bonds. The van der Waals surface area contributed by atoms with E-state index in [9.17, 15) is 9.59 Å². The zero-order chi connectivity index (χ0) is 14.8. The number of nitrogens with two attached hydrogens (primary N) is 1. The van der Waals surface area contributed by atoms with Crippen molar-refractivity contribution in [2.75, 3.05) is 25.5 Å². The molecule has 0 heterocycles. The average Bonchev–Trinajstić information content (AvgIpc) is 2.42. The van der Waals surface area contributed by atoms with Gasteiger partial charge >= 0.3 is 0 Å². The van der Waals surface area contributed by atoms with Crippen molar-refractivity contribution in [2.24, 2.45) is 5.73 Å². The minimum atomic E-state index is -0.291. The number of ether oxygens (including phenoxy) is 1. The molecule has 1 rings (SSSR count). The van der Waals surface area contributed by atoms with Crippen LogP contribution < -0.4 is 21.1 Å². The van der Waals surface area contributed by atoms with E-state index in [1.165, 1.54) is 0 Å². The Bertz CT molecular complexity index is 449. The fourth-order valence-corrected chi connectivity index (χ4v) is 1.66. The van der Waals surface area contributed by atoms with Crippen molar-refractivity contribution < 1.29 is 14.3 Å². The second-order valence-corrected chi connectivity index (χ2v) is 4.38. The van der Waals surface area contributed by atoms with E-state index in [4.69, 9.17) is 10.5 Å². The highest BCUT2D eigenvalue weighted by atomic mass is 16.5. The summed E-state index contributed by atoms with van der Waals surface area (Å²) in [5.74, 6) is 0.288. The van der Waals surface area contributed by atoms with E-state index >= 15 is 0 Å². The second-order valence-electron chi connectivity index (χ2n) is 4.38. The van der Waals surface area contributed by atoms with Crippen LogP contribution in [-0.4, -0.2) is 32.0 Å². The molecule has 0 atom stereocenters. The summed E-state index contributed by atoms with van der Waals surface area (Å²) < 4.78 is 5.08. The number of benzene rings is 1. The number of methoxy groups -OCH3 is 1. The molecule has 0 spiro atoms. The van der Waals surface area contributed by atoms with E-state index in [-0.39, 0.29) is 18.4 Å². The first-order valence-electron chi connectivity index (χ1n) is 6.54. The van der Waals surface area contributed by atoms with Crippen LogP contribution in [0.2, 0.25) is 0 Å². The normalized spacial score (nSPS) is 10.1. The lowest BCUT2D eigenvalue weighted by Gasteiger charge is -2.08. The number of anilines is 1. The zero-order valence-corrected chi connectivity index (χ0v) is 11.6. The van der Waals surface area contributed by atoms with Crippen LogP contribution in [0.1, 0.15) is 19.3 Å². The molecular weight excluding hydrogens is 258 g/mol. The van der Waals surface area contributed by atoms with Gasteiger partial charge in [0, 0.05) is 18.2 Å². The lowest BCUT2D eigenvalue weighted by Crippen LogP contribution is -2.28. The van der Waals surface area contributed by atoms with Crippen LogP contribution in [-0.2, 0) is 9.59 Å². The van der Waals surface area contributed by atoms with Crippen molar-refractivity contribution in [3.05, 3.63) is 24.3 Å². The third-order valence-corrected chi connectivity index (χ3v) is 2.67. The molecule has 0 bridgehead atoms. The third kappa shape index (κ3) is 6.75. The maximum absolute atomic E-state index is 11.7.